The van der Waals surface area contributed by atoms with Crippen molar-refractivity contribution in [1.29, 1.82) is 0 Å². The first kappa shape index (κ1) is 17.5. The Bertz CT molecular complexity index is 991. The van der Waals surface area contributed by atoms with E-state index in [1.807, 2.05) is 31.2 Å². The van der Waals surface area contributed by atoms with Crippen molar-refractivity contribution in [2.75, 3.05) is 5.32 Å². The molecule has 0 aliphatic carbocycles. The fourth-order valence-corrected chi connectivity index (χ4v) is 2.52. The Balaban J connectivity index is 1.88. The molecule has 1 heterocycles. The number of aromatic nitrogens is 1. The van der Waals surface area contributed by atoms with Crippen molar-refractivity contribution in [2.24, 2.45) is 0 Å². The second kappa shape index (κ2) is 7.31. The van der Waals surface area contributed by atoms with Crippen molar-refractivity contribution in [1.82, 2.24) is 4.57 Å². The molecule has 0 aliphatic rings. The van der Waals surface area contributed by atoms with E-state index >= 15 is 0 Å². The lowest BCUT2D eigenvalue weighted by molar-refractivity contribution is 0.102. The van der Waals surface area contributed by atoms with E-state index in [0.717, 1.165) is 23.3 Å². The number of amides is 1. The molecule has 4 nitrogen and oxygen atoms in total. The van der Waals surface area contributed by atoms with E-state index in [-0.39, 0.29) is 12.1 Å². The molecule has 1 amide bonds. The average Bonchev–Trinajstić information content (AvgIpc) is 2.62. The highest BCUT2D eigenvalue weighted by Gasteiger charge is 2.16. The molecule has 3 rings (SSSR count). The third-order valence-corrected chi connectivity index (χ3v) is 3.94. The van der Waals surface area contributed by atoms with Crippen molar-refractivity contribution in [2.45, 2.75) is 13.5 Å². The van der Waals surface area contributed by atoms with Crippen LogP contribution < -0.4 is 10.9 Å². The molecule has 1 aromatic heterocycles. The maximum absolute atomic E-state index is 13.7. The molecule has 0 aliphatic heterocycles. The minimum absolute atomic E-state index is 0.192. The summed E-state index contributed by atoms with van der Waals surface area (Å²) in [4.78, 5) is 24.9. The first-order valence-corrected chi connectivity index (χ1v) is 7.96. The summed E-state index contributed by atoms with van der Waals surface area (Å²) in [6.07, 6.45) is 1.56. The van der Waals surface area contributed by atoms with Crippen LogP contribution in [0.2, 0.25) is 0 Å². The number of para-hydroxylation sites is 1. The van der Waals surface area contributed by atoms with E-state index in [9.17, 15) is 18.4 Å². The van der Waals surface area contributed by atoms with Gasteiger partial charge < -0.3 is 9.88 Å². The molecule has 0 radical (unpaired) electrons. The Morgan fingerprint density at radius 3 is 2.31 bits per heavy atom. The third-order valence-electron chi connectivity index (χ3n) is 3.94. The van der Waals surface area contributed by atoms with Crippen LogP contribution in [0.15, 0.2) is 65.6 Å². The Labute approximate surface area is 148 Å². The summed E-state index contributed by atoms with van der Waals surface area (Å²) in [5, 5.41) is 2.13. The number of anilines is 1. The van der Waals surface area contributed by atoms with Gasteiger partial charge in [-0.2, -0.15) is 0 Å². The summed E-state index contributed by atoms with van der Waals surface area (Å²) >= 11 is 0. The van der Waals surface area contributed by atoms with Crippen molar-refractivity contribution in [3.05, 3.63) is 99.5 Å². The van der Waals surface area contributed by atoms with Crippen LogP contribution in [0.25, 0.3) is 0 Å². The summed E-state index contributed by atoms with van der Waals surface area (Å²) < 4.78 is 28.7. The summed E-state index contributed by atoms with van der Waals surface area (Å²) in [5.41, 5.74) is 0.687. The molecule has 3 aromatic rings. The lowest BCUT2D eigenvalue weighted by Crippen LogP contribution is -2.29. The SMILES string of the molecule is Cc1ccc(Cn2cccc(C(=O)Nc3c(F)cccc3F)c2=O)cc1. The van der Waals surface area contributed by atoms with Crippen LogP contribution in [0, 0.1) is 18.6 Å². The molecule has 0 unspecified atom stereocenters. The highest BCUT2D eigenvalue weighted by molar-refractivity contribution is 6.04. The second-order valence-corrected chi connectivity index (χ2v) is 5.89. The predicted octanol–water partition coefficient (Wildman–Crippen LogP) is 3.74. The number of hydrogen-bond donors (Lipinski definition) is 1. The highest BCUT2D eigenvalue weighted by Crippen LogP contribution is 2.18. The molecule has 0 spiro atoms. The largest absolute Gasteiger partial charge is 0.317 e. The Morgan fingerprint density at radius 1 is 1.00 bits per heavy atom. The van der Waals surface area contributed by atoms with Crippen molar-refractivity contribution in [3.8, 4) is 0 Å². The van der Waals surface area contributed by atoms with Crippen LogP contribution in [0.4, 0.5) is 14.5 Å². The molecule has 0 atom stereocenters. The minimum Gasteiger partial charge on any atom is -0.317 e. The molecule has 2 aromatic carbocycles. The third kappa shape index (κ3) is 3.69. The van der Waals surface area contributed by atoms with E-state index < -0.39 is 28.8 Å². The standard InChI is InChI=1S/C20H16F2N2O2/c1-13-7-9-14(10-8-13)12-24-11-3-4-15(20(24)26)19(25)23-18-16(21)5-2-6-17(18)22/h2-11H,12H2,1H3,(H,23,25). The summed E-state index contributed by atoms with van der Waals surface area (Å²) in [6.45, 7) is 2.25. The summed E-state index contributed by atoms with van der Waals surface area (Å²) in [5.74, 6) is -2.68. The summed E-state index contributed by atoms with van der Waals surface area (Å²) in [6, 6.07) is 13.8. The normalized spacial score (nSPS) is 10.6. The van der Waals surface area contributed by atoms with Gasteiger partial charge in [0, 0.05) is 6.20 Å². The zero-order valence-electron chi connectivity index (χ0n) is 14.0. The van der Waals surface area contributed by atoms with Gasteiger partial charge in [0.1, 0.15) is 22.9 Å². The van der Waals surface area contributed by atoms with Crippen LogP contribution in [0.5, 0.6) is 0 Å². The van der Waals surface area contributed by atoms with E-state index in [2.05, 4.69) is 5.32 Å². The number of nitrogens with one attached hydrogen (secondary N) is 1. The maximum Gasteiger partial charge on any atom is 0.263 e. The van der Waals surface area contributed by atoms with E-state index in [1.54, 1.807) is 12.3 Å². The monoisotopic (exact) mass is 354 g/mol. The Hall–Kier alpha value is -3.28. The second-order valence-electron chi connectivity index (χ2n) is 5.89. The molecule has 1 N–H and O–H groups in total. The zero-order valence-corrected chi connectivity index (χ0v) is 14.0. The van der Waals surface area contributed by atoms with Gasteiger partial charge in [-0.05, 0) is 36.8 Å². The van der Waals surface area contributed by atoms with Gasteiger partial charge in [-0.25, -0.2) is 8.78 Å². The topological polar surface area (TPSA) is 51.1 Å². The fourth-order valence-electron chi connectivity index (χ4n) is 2.52. The lowest BCUT2D eigenvalue weighted by atomic mass is 10.1. The number of pyridine rings is 1. The highest BCUT2D eigenvalue weighted by atomic mass is 19.1. The van der Waals surface area contributed by atoms with Crippen molar-refractivity contribution < 1.29 is 13.6 Å². The summed E-state index contributed by atoms with van der Waals surface area (Å²) in [7, 11) is 0. The quantitative estimate of drug-likeness (QED) is 0.776. The molecule has 0 saturated heterocycles. The predicted molar refractivity (Wildman–Crippen MR) is 95.3 cm³/mol. The van der Waals surface area contributed by atoms with Gasteiger partial charge in [0.15, 0.2) is 0 Å². The van der Waals surface area contributed by atoms with Gasteiger partial charge >= 0.3 is 0 Å². The maximum atomic E-state index is 13.7. The van der Waals surface area contributed by atoms with Gasteiger partial charge in [0.25, 0.3) is 11.5 Å². The molecule has 0 saturated carbocycles. The van der Waals surface area contributed by atoms with E-state index in [1.165, 1.54) is 16.7 Å². The van der Waals surface area contributed by atoms with Crippen molar-refractivity contribution >= 4 is 11.6 Å². The lowest BCUT2D eigenvalue weighted by Gasteiger charge is -2.10. The number of hydrogen-bond acceptors (Lipinski definition) is 2. The molecular formula is C20H16F2N2O2. The van der Waals surface area contributed by atoms with Crippen LogP contribution in [0.1, 0.15) is 21.5 Å². The van der Waals surface area contributed by atoms with Crippen LogP contribution >= 0.6 is 0 Å². The molecule has 6 heteroatoms. The van der Waals surface area contributed by atoms with E-state index in [4.69, 9.17) is 0 Å². The number of nitrogens with zero attached hydrogens (tertiary/aromatic N) is 1. The van der Waals surface area contributed by atoms with Crippen LogP contribution in [-0.2, 0) is 6.54 Å². The number of halogens is 2. The average molecular weight is 354 g/mol. The van der Waals surface area contributed by atoms with E-state index in [0.29, 0.717) is 0 Å². The molecule has 0 fully saturated rings. The molecule has 0 bridgehead atoms. The first-order chi connectivity index (χ1) is 12.5. The molecular weight excluding hydrogens is 338 g/mol. The van der Waals surface area contributed by atoms with Gasteiger partial charge in [0.05, 0.1) is 6.54 Å². The molecule has 132 valence electrons. The van der Waals surface area contributed by atoms with Gasteiger partial charge in [-0.3, -0.25) is 9.59 Å². The van der Waals surface area contributed by atoms with Gasteiger partial charge in [0.2, 0.25) is 0 Å². The number of carbonyl (C=O) groups excluding carboxylic acids is 1. The smallest absolute Gasteiger partial charge is 0.263 e. The van der Waals surface area contributed by atoms with Crippen LogP contribution in [0.3, 0.4) is 0 Å². The van der Waals surface area contributed by atoms with Gasteiger partial charge in [-0.1, -0.05) is 35.9 Å². The number of rotatable bonds is 4. The van der Waals surface area contributed by atoms with Gasteiger partial charge in [-0.15, -0.1) is 0 Å². The number of benzene rings is 2. The number of carbonyl (C=O) groups is 1. The Kier molecular flexibility index (Phi) is 4.93. The number of aryl methyl sites for hydroxylation is 1. The zero-order chi connectivity index (χ0) is 18.7. The Morgan fingerprint density at radius 2 is 1.65 bits per heavy atom. The van der Waals surface area contributed by atoms with Crippen molar-refractivity contribution in [3.63, 3.8) is 0 Å². The van der Waals surface area contributed by atoms with Crippen LogP contribution in [-0.4, -0.2) is 10.5 Å². The fraction of sp³-hybridized carbons (Fsp3) is 0.100. The minimum atomic E-state index is -0.908. The molecule has 26 heavy (non-hydrogen) atoms. The first-order valence-electron chi connectivity index (χ1n) is 7.96.